The Morgan fingerprint density at radius 2 is 2.00 bits per heavy atom. The van der Waals surface area contributed by atoms with Crippen molar-refractivity contribution in [1.29, 1.82) is 0 Å². The van der Waals surface area contributed by atoms with E-state index in [1.807, 2.05) is 13.1 Å². The molecule has 0 unspecified atom stereocenters. The number of nitrogens with zero attached hydrogens (tertiary/aromatic N) is 1. The van der Waals surface area contributed by atoms with E-state index < -0.39 is 0 Å². The lowest BCUT2D eigenvalue weighted by molar-refractivity contribution is -0.123. The number of benzene rings is 1. The van der Waals surface area contributed by atoms with Crippen LogP contribution < -0.4 is 15.4 Å². The zero-order chi connectivity index (χ0) is 19.5. The molecular weight excluding hydrogens is 462 g/mol. The Kier molecular flexibility index (Phi) is 11.4. The van der Waals surface area contributed by atoms with Gasteiger partial charge in [-0.3, -0.25) is 4.79 Å². The summed E-state index contributed by atoms with van der Waals surface area (Å²) in [6, 6.07) is 4.01. The summed E-state index contributed by atoms with van der Waals surface area (Å²) in [7, 11) is 5.62. The number of ether oxygens (including phenoxy) is 1. The number of carbonyl (C=O) groups excluding carboxylic acids is 1. The fourth-order valence-electron chi connectivity index (χ4n) is 2.72. The highest BCUT2D eigenvalue weighted by atomic mass is 79.9. The first-order valence-corrected chi connectivity index (χ1v) is 10.7. The summed E-state index contributed by atoms with van der Waals surface area (Å²) in [5.41, 5.74) is 1.22. The predicted molar refractivity (Wildman–Crippen MR) is 115 cm³/mol. The largest absolute Gasteiger partial charge is 0.496 e. The van der Waals surface area contributed by atoms with Crippen molar-refractivity contribution < 1.29 is 9.53 Å². The molecule has 7 heteroatoms. The lowest BCUT2D eigenvalue weighted by Gasteiger charge is -2.19. The fraction of sp³-hybridized carbons (Fsp3) is 0.632. The third-order valence-corrected chi connectivity index (χ3v) is 5.70. The average Bonchev–Trinajstić information content (AvgIpc) is 2.62. The molecule has 0 bridgehead atoms. The van der Waals surface area contributed by atoms with Crippen LogP contribution in [0.1, 0.15) is 31.7 Å². The molecule has 1 atom stereocenters. The Hall–Kier alpha value is -0.630. The normalized spacial score (nSPS) is 12.3. The number of halogens is 2. The standard InChI is InChI=1S/C19H31Br2N3O2/c1-5-7-17(22-2)19(25)23-9-6-10-24(3)11-8-14-12-18(26-4)16(21)13-15(14)20/h12-13,17,22H,5-11H2,1-4H3,(H,23,25)/t17-/m0/s1. The molecule has 5 nitrogen and oxygen atoms in total. The molecule has 1 amide bonds. The van der Waals surface area contributed by atoms with Crippen molar-refractivity contribution in [1.82, 2.24) is 15.5 Å². The molecule has 1 aromatic rings. The van der Waals surface area contributed by atoms with Crippen molar-refractivity contribution in [2.75, 3.05) is 40.8 Å². The summed E-state index contributed by atoms with van der Waals surface area (Å²) < 4.78 is 7.40. The maximum Gasteiger partial charge on any atom is 0.237 e. The van der Waals surface area contributed by atoms with E-state index >= 15 is 0 Å². The van der Waals surface area contributed by atoms with Gasteiger partial charge in [-0.2, -0.15) is 0 Å². The number of hydrogen-bond donors (Lipinski definition) is 2. The zero-order valence-electron chi connectivity index (χ0n) is 16.2. The molecule has 2 N–H and O–H groups in total. The van der Waals surface area contributed by atoms with Gasteiger partial charge < -0.3 is 20.3 Å². The number of amides is 1. The fourth-order valence-corrected chi connectivity index (χ4v) is 4.08. The molecule has 0 fully saturated rings. The highest BCUT2D eigenvalue weighted by Gasteiger charge is 2.14. The molecule has 0 radical (unpaired) electrons. The molecule has 0 spiro atoms. The average molecular weight is 493 g/mol. The number of rotatable bonds is 12. The summed E-state index contributed by atoms with van der Waals surface area (Å²) >= 11 is 7.11. The first-order valence-electron chi connectivity index (χ1n) is 9.08. The first kappa shape index (κ1) is 23.4. The van der Waals surface area contributed by atoms with Gasteiger partial charge in [0, 0.05) is 17.6 Å². The summed E-state index contributed by atoms with van der Waals surface area (Å²) in [5, 5.41) is 6.09. The van der Waals surface area contributed by atoms with Crippen LogP contribution >= 0.6 is 31.9 Å². The third-order valence-electron chi connectivity index (χ3n) is 4.34. The van der Waals surface area contributed by atoms with Crippen LogP contribution in [0.5, 0.6) is 5.75 Å². The van der Waals surface area contributed by atoms with Gasteiger partial charge in [0.15, 0.2) is 0 Å². The highest BCUT2D eigenvalue weighted by Crippen LogP contribution is 2.31. The van der Waals surface area contributed by atoms with E-state index in [4.69, 9.17) is 4.74 Å². The Morgan fingerprint density at radius 1 is 1.27 bits per heavy atom. The van der Waals surface area contributed by atoms with Gasteiger partial charge in [0.2, 0.25) is 5.91 Å². The molecule has 0 saturated carbocycles. The van der Waals surface area contributed by atoms with Crippen LogP contribution in [0.4, 0.5) is 0 Å². The topological polar surface area (TPSA) is 53.6 Å². The maximum atomic E-state index is 12.0. The van der Waals surface area contributed by atoms with Crippen LogP contribution in [0.25, 0.3) is 0 Å². The van der Waals surface area contributed by atoms with Gasteiger partial charge in [-0.1, -0.05) is 29.3 Å². The zero-order valence-corrected chi connectivity index (χ0v) is 19.4. The van der Waals surface area contributed by atoms with Crippen molar-refractivity contribution >= 4 is 37.8 Å². The first-order chi connectivity index (χ1) is 12.4. The van der Waals surface area contributed by atoms with E-state index in [2.05, 4.69) is 67.4 Å². The lowest BCUT2D eigenvalue weighted by Crippen LogP contribution is -2.43. The van der Waals surface area contributed by atoms with Gasteiger partial charge in [0.25, 0.3) is 0 Å². The number of likely N-dealkylation sites (N-methyl/N-ethyl adjacent to an activating group) is 2. The van der Waals surface area contributed by atoms with Crippen LogP contribution in [0.3, 0.4) is 0 Å². The predicted octanol–water partition coefficient (Wildman–Crippen LogP) is 3.59. The smallest absolute Gasteiger partial charge is 0.237 e. The second kappa shape index (κ2) is 12.7. The summed E-state index contributed by atoms with van der Waals surface area (Å²) in [5.74, 6) is 0.947. The molecule has 0 aliphatic heterocycles. The summed E-state index contributed by atoms with van der Waals surface area (Å²) in [4.78, 5) is 14.3. The molecule has 0 aliphatic carbocycles. The minimum Gasteiger partial charge on any atom is -0.496 e. The SMILES string of the molecule is CCC[C@H](NC)C(=O)NCCCN(C)CCc1cc(OC)c(Br)cc1Br. The molecule has 0 saturated heterocycles. The molecule has 0 aliphatic rings. The Bertz CT molecular complexity index is 570. The quantitative estimate of drug-likeness (QED) is 0.438. The minimum absolute atomic E-state index is 0.0811. The molecule has 1 rings (SSSR count). The molecule has 26 heavy (non-hydrogen) atoms. The Morgan fingerprint density at radius 3 is 2.62 bits per heavy atom. The van der Waals surface area contributed by atoms with E-state index in [-0.39, 0.29) is 11.9 Å². The van der Waals surface area contributed by atoms with Crippen LogP contribution in [0.2, 0.25) is 0 Å². The molecule has 1 aromatic carbocycles. The second-order valence-electron chi connectivity index (χ2n) is 6.41. The van der Waals surface area contributed by atoms with Crippen molar-refractivity contribution in [2.24, 2.45) is 0 Å². The molecule has 148 valence electrons. The number of carbonyl (C=O) groups is 1. The van der Waals surface area contributed by atoms with Crippen LogP contribution in [-0.4, -0.2) is 57.7 Å². The van der Waals surface area contributed by atoms with Crippen molar-refractivity contribution in [3.8, 4) is 5.75 Å². The number of methoxy groups -OCH3 is 1. The molecule has 0 aromatic heterocycles. The second-order valence-corrected chi connectivity index (χ2v) is 8.11. The van der Waals surface area contributed by atoms with E-state index in [1.165, 1.54) is 5.56 Å². The van der Waals surface area contributed by atoms with E-state index in [9.17, 15) is 4.79 Å². The number of nitrogens with one attached hydrogen (secondary N) is 2. The van der Waals surface area contributed by atoms with E-state index in [1.54, 1.807) is 7.11 Å². The van der Waals surface area contributed by atoms with Crippen molar-refractivity contribution in [2.45, 2.75) is 38.6 Å². The Balaban J connectivity index is 2.33. The van der Waals surface area contributed by atoms with Crippen LogP contribution in [0.15, 0.2) is 21.1 Å². The maximum absolute atomic E-state index is 12.0. The lowest BCUT2D eigenvalue weighted by atomic mass is 10.1. The van der Waals surface area contributed by atoms with Gasteiger partial charge in [-0.15, -0.1) is 0 Å². The van der Waals surface area contributed by atoms with Gasteiger partial charge >= 0.3 is 0 Å². The van der Waals surface area contributed by atoms with E-state index in [0.29, 0.717) is 6.54 Å². The van der Waals surface area contributed by atoms with Gasteiger partial charge in [-0.05, 0) is 73.5 Å². The minimum atomic E-state index is -0.0811. The van der Waals surface area contributed by atoms with Crippen molar-refractivity contribution in [3.05, 3.63) is 26.6 Å². The summed E-state index contributed by atoms with van der Waals surface area (Å²) in [6.45, 7) is 4.70. The highest BCUT2D eigenvalue weighted by molar-refractivity contribution is 9.11. The van der Waals surface area contributed by atoms with E-state index in [0.717, 1.165) is 53.5 Å². The van der Waals surface area contributed by atoms with Crippen LogP contribution in [-0.2, 0) is 11.2 Å². The number of hydrogen-bond acceptors (Lipinski definition) is 4. The van der Waals surface area contributed by atoms with Crippen LogP contribution in [0, 0.1) is 0 Å². The third kappa shape index (κ3) is 7.94. The summed E-state index contributed by atoms with van der Waals surface area (Å²) in [6.07, 6.45) is 3.74. The van der Waals surface area contributed by atoms with Gasteiger partial charge in [0.1, 0.15) is 5.75 Å². The molecular formula is C19H31Br2N3O2. The monoisotopic (exact) mass is 491 g/mol. The van der Waals surface area contributed by atoms with Gasteiger partial charge in [-0.25, -0.2) is 0 Å². The molecule has 0 heterocycles. The Labute approximate surface area is 174 Å². The van der Waals surface area contributed by atoms with Crippen molar-refractivity contribution in [3.63, 3.8) is 0 Å². The van der Waals surface area contributed by atoms with Gasteiger partial charge in [0.05, 0.1) is 17.6 Å².